The summed E-state index contributed by atoms with van der Waals surface area (Å²) in [5.74, 6) is -0.421. The average molecular weight is 273 g/mol. The highest BCUT2D eigenvalue weighted by molar-refractivity contribution is 6.34. The van der Waals surface area contributed by atoms with Gasteiger partial charge < -0.3 is 10.4 Å². The number of carbonyl (C=O) groups is 1. The zero-order valence-corrected chi connectivity index (χ0v) is 10.5. The Kier molecular flexibility index (Phi) is 5.06. The highest BCUT2D eigenvalue weighted by Crippen LogP contribution is 2.22. The first-order valence-electron chi connectivity index (χ1n) is 5.32. The number of nitrogens with zero attached hydrogens (tertiary/aromatic N) is 1. The summed E-state index contributed by atoms with van der Waals surface area (Å²) in [5.41, 5.74) is 0.00777. The Labute approximate surface area is 109 Å². The molecule has 1 rings (SSSR count). The first kappa shape index (κ1) is 14.4. The normalized spacial score (nSPS) is 11.9. The van der Waals surface area contributed by atoms with Gasteiger partial charge in [0, 0.05) is 18.7 Å². The number of halogens is 1. The molecule has 0 aliphatic rings. The van der Waals surface area contributed by atoms with E-state index in [2.05, 4.69) is 5.32 Å². The Morgan fingerprint density at radius 2 is 2.28 bits per heavy atom. The summed E-state index contributed by atoms with van der Waals surface area (Å²) >= 11 is 5.80. The van der Waals surface area contributed by atoms with Crippen LogP contribution >= 0.6 is 11.6 Å². The Bertz CT molecular complexity index is 462. The highest BCUT2D eigenvalue weighted by atomic mass is 35.5. The van der Waals surface area contributed by atoms with Crippen LogP contribution in [0.1, 0.15) is 23.7 Å². The Morgan fingerprint density at radius 1 is 1.61 bits per heavy atom. The maximum Gasteiger partial charge on any atom is 0.270 e. The smallest absolute Gasteiger partial charge is 0.270 e. The lowest BCUT2D eigenvalue weighted by atomic mass is 10.2. The number of benzene rings is 1. The van der Waals surface area contributed by atoms with Gasteiger partial charge in [-0.1, -0.05) is 11.6 Å². The molecule has 0 aliphatic heterocycles. The van der Waals surface area contributed by atoms with Crippen molar-refractivity contribution in [3.8, 4) is 0 Å². The second-order valence-electron chi connectivity index (χ2n) is 3.81. The lowest BCUT2D eigenvalue weighted by Gasteiger charge is -2.07. The number of hydrogen-bond donors (Lipinski definition) is 2. The van der Waals surface area contributed by atoms with Crippen LogP contribution < -0.4 is 5.32 Å². The van der Waals surface area contributed by atoms with Gasteiger partial charge in [0.2, 0.25) is 0 Å². The van der Waals surface area contributed by atoms with E-state index >= 15 is 0 Å². The third-order valence-electron chi connectivity index (χ3n) is 2.26. The molecule has 1 aromatic carbocycles. The van der Waals surface area contributed by atoms with Crippen LogP contribution in [0.25, 0.3) is 0 Å². The minimum Gasteiger partial charge on any atom is -0.393 e. The van der Waals surface area contributed by atoms with E-state index in [4.69, 9.17) is 16.7 Å². The van der Waals surface area contributed by atoms with Gasteiger partial charge >= 0.3 is 0 Å². The fraction of sp³-hybridized carbons (Fsp3) is 0.364. The van der Waals surface area contributed by atoms with Crippen LogP contribution in [-0.2, 0) is 0 Å². The molecular weight excluding hydrogens is 260 g/mol. The maximum absolute atomic E-state index is 11.7. The topological polar surface area (TPSA) is 92.5 Å². The van der Waals surface area contributed by atoms with Crippen molar-refractivity contribution < 1.29 is 14.8 Å². The van der Waals surface area contributed by atoms with Gasteiger partial charge in [0.05, 0.1) is 21.6 Å². The molecule has 0 aromatic heterocycles. The summed E-state index contributed by atoms with van der Waals surface area (Å²) in [6.07, 6.45) is -0.0753. The summed E-state index contributed by atoms with van der Waals surface area (Å²) in [6, 6.07) is 3.65. The average Bonchev–Trinajstić information content (AvgIpc) is 2.27. The second kappa shape index (κ2) is 6.32. The van der Waals surface area contributed by atoms with Crippen LogP contribution in [0.3, 0.4) is 0 Å². The molecule has 1 aromatic rings. The van der Waals surface area contributed by atoms with E-state index in [1.807, 2.05) is 0 Å². The van der Waals surface area contributed by atoms with Gasteiger partial charge in [-0.2, -0.15) is 0 Å². The quantitative estimate of drug-likeness (QED) is 0.631. The zero-order valence-electron chi connectivity index (χ0n) is 9.72. The van der Waals surface area contributed by atoms with Gasteiger partial charge in [-0.15, -0.1) is 0 Å². The molecule has 6 nitrogen and oxygen atoms in total. The summed E-state index contributed by atoms with van der Waals surface area (Å²) in [5, 5.41) is 22.1. The van der Waals surface area contributed by atoms with E-state index in [0.29, 0.717) is 13.0 Å². The van der Waals surface area contributed by atoms with Crippen LogP contribution in [0.2, 0.25) is 5.02 Å². The van der Waals surface area contributed by atoms with Crippen LogP contribution in [-0.4, -0.2) is 28.6 Å². The lowest BCUT2D eigenvalue weighted by Crippen LogP contribution is -2.26. The number of aliphatic hydroxyl groups is 1. The van der Waals surface area contributed by atoms with E-state index in [-0.39, 0.29) is 16.3 Å². The number of nitro groups is 1. The lowest BCUT2D eigenvalue weighted by molar-refractivity contribution is -0.384. The van der Waals surface area contributed by atoms with Crippen molar-refractivity contribution >= 4 is 23.2 Å². The third-order valence-corrected chi connectivity index (χ3v) is 2.57. The van der Waals surface area contributed by atoms with Gasteiger partial charge in [-0.05, 0) is 19.4 Å². The largest absolute Gasteiger partial charge is 0.393 e. The van der Waals surface area contributed by atoms with Gasteiger partial charge in [0.15, 0.2) is 0 Å². The second-order valence-corrected chi connectivity index (χ2v) is 4.22. The van der Waals surface area contributed by atoms with E-state index in [1.165, 1.54) is 12.1 Å². The summed E-state index contributed by atoms with van der Waals surface area (Å²) in [7, 11) is 0. The van der Waals surface area contributed by atoms with Crippen LogP contribution in [0, 0.1) is 10.1 Å². The number of nitrogens with one attached hydrogen (secondary N) is 1. The zero-order chi connectivity index (χ0) is 13.7. The molecule has 0 saturated carbocycles. The highest BCUT2D eigenvalue weighted by Gasteiger charge is 2.14. The minimum absolute atomic E-state index is 0.0266. The van der Waals surface area contributed by atoms with Gasteiger partial charge in [0.1, 0.15) is 0 Å². The SMILES string of the molecule is CC(O)CCNC(=O)c1ccc([N+](=O)[O-])cc1Cl. The molecule has 1 unspecified atom stereocenters. The fourth-order valence-electron chi connectivity index (χ4n) is 1.29. The molecule has 0 radical (unpaired) electrons. The van der Waals surface area contributed by atoms with Crippen molar-refractivity contribution in [2.45, 2.75) is 19.4 Å². The Balaban J connectivity index is 2.72. The third kappa shape index (κ3) is 3.97. The van der Waals surface area contributed by atoms with E-state index in [1.54, 1.807) is 6.92 Å². The van der Waals surface area contributed by atoms with Gasteiger partial charge in [-0.25, -0.2) is 0 Å². The number of nitro benzene ring substituents is 1. The first-order chi connectivity index (χ1) is 8.41. The number of hydrogen-bond acceptors (Lipinski definition) is 4. The Morgan fingerprint density at radius 3 is 2.78 bits per heavy atom. The van der Waals surface area contributed by atoms with Crippen molar-refractivity contribution in [2.75, 3.05) is 6.54 Å². The molecular formula is C11H13ClN2O4. The van der Waals surface area contributed by atoms with Crippen molar-refractivity contribution in [2.24, 2.45) is 0 Å². The van der Waals surface area contributed by atoms with Crippen LogP contribution in [0.15, 0.2) is 18.2 Å². The standard InChI is InChI=1S/C11H13ClN2O4/c1-7(15)4-5-13-11(16)9-3-2-8(14(17)18)6-10(9)12/h2-3,6-7,15H,4-5H2,1H3,(H,13,16). The molecule has 1 atom stereocenters. The van der Waals surface area contributed by atoms with E-state index < -0.39 is 16.9 Å². The van der Waals surface area contributed by atoms with Crippen LogP contribution in [0.4, 0.5) is 5.69 Å². The van der Waals surface area contributed by atoms with Crippen LogP contribution in [0.5, 0.6) is 0 Å². The fourth-order valence-corrected chi connectivity index (χ4v) is 1.55. The molecule has 0 saturated heterocycles. The molecule has 18 heavy (non-hydrogen) atoms. The van der Waals surface area contributed by atoms with Crippen molar-refractivity contribution in [3.63, 3.8) is 0 Å². The molecule has 0 bridgehead atoms. The first-order valence-corrected chi connectivity index (χ1v) is 5.70. The number of amides is 1. The van der Waals surface area contributed by atoms with E-state index in [9.17, 15) is 14.9 Å². The molecule has 0 fully saturated rings. The van der Waals surface area contributed by atoms with Crippen molar-refractivity contribution in [1.29, 1.82) is 0 Å². The number of aliphatic hydroxyl groups excluding tert-OH is 1. The van der Waals surface area contributed by atoms with Crippen molar-refractivity contribution in [3.05, 3.63) is 38.9 Å². The summed E-state index contributed by atoms with van der Waals surface area (Å²) in [4.78, 5) is 21.6. The molecule has 0 heterocycles. The monoisotopic (exact) mass is 272 g/mol. The molecule has 2 N–H and O–H groups in total. The molecule has 0 aliphatic carbocycles. The Hall–Kier alpha value is -1.66. The van der Waals surface area contributed by atoms with Crippen molar-refractivity contribution in [1.82, 2.24) is 5.32 Å². The van der Waals surface area contributed by atoms with Gasteiger partial charge in [-0.3, -0.25) is 14.9 Å². The number of non-ortho nitro benzene ring substituents is 1. The predicted octanol–water partition coefficient (Wildman–Crippen LogP) is 1.75. The molecule has 98 valence electrons. The molecule has 1 amide bonds. The van der Waals surface area contributed by atoms with E-state index in [0.717, 1.165) is 6.07 Å². The number of carbonyl (C=O) groups excluding carboxylic acids is 1. The maximum atomic E-state index is 11.7. The van der Waals surface area contributed by atoms with Gasteiger partial charge in [0.25, 0.3) is 11.6 Å². The summed E-state index contributed by atoms with van der Waals surface area (Å²) in [6.45, 7) is 1.93. The molecule has 0 spiro atoms. The minimum atomic E-state index is -0.582. The predicted molar refractivity (Wildman–Crippen MR) is 66.7 cm³/mol. The summed E-state index contributed by atoms with van der Waals surface area (Å²) < 4.78 is 0. The number of rotatable bonds is 5. The molecule has 7 heteroatoms.